The number of thiazole rings is 1. The van der Waals surface area contributed by atoms with Crippen LogP contribution in [0.25, 0.3) is 26.5 Å². The minimum Gasteiger partial charge on any atom is -0.292 e. The molecule has 0 N–H and O–H groups in total. The average molecular weight is 424 g/mol. The van der Waals surface area contributed by atoms with Gasteiger partial charge >= 0.3 is 11.9 Å². The van der Waals surface area contributed by atoms with Crippen LogP contribution < -0.4 is 11.2 Å². The Morgan fingerprint density at radius 2 is 1.89 bits per heavy atom. The van der Waals surface area contributed by atoms with Gasteiger partial charge < -0.3 is 0 Å². The highest BCUT2D eigenvalue weighted by Crippen LogP contribution is 2.33. The van der Waals surface area contributed by atoms with Gasteiger partial charge in [0.1, 0.15) is 16.4 Å². The first kappa shape index (κ1) is 18.6. The van der Waals surface area contributed by atoms with Gasteiger partial charge in [-0.25, -0.2) is 14.3 Å². The summed E-state index contributed by atoms with van der Waals surface area (Å²) in [6, 6.07) is 5.17. The number of rotatable bonds is 2. The Morgan fingerprint density at radius 1 is 1.14 bits per heavy atom. The molecule has 0 unspecified atom stereocenters. The Bertz CT molecular complexity index is 1330. The van der Waals surface area contributed by atoms with Crippen LogP contribution in [0, 0.1) is 6.92 Å². The summed E-state index contributed by atoms with van der Waals surface area (Å²) in [4.78, 5) is 29.2. The second-order valence-electron chi connectivity index (χ2n) is 6.05. The third kappa shape index (κ3) is 2.96. The SMILES string of the molecule is Cc1csc(-c2nsc3ccc(-n4c(=O)cc(C(F)(F)F)n(C)c4=O)cc23)n1. The van der Waals surface area contributed by atoms with Gasteiger partial charge in [0, 0.05) is 29.6 Å². The van der Waals surface area contributed by atoms with E-state index in [1.54, 1.807) is 12.1 Å². The van der Waals surface area contributed by atoms with E-state index in [0.717, 1.165) is 17.4 Å². The summed E-state index contributed by atoms with van der Waals surface area (Å²) in [5.41, 5.74) is -1.81. The first-order chi connectivity index (χ1) is 13.2. The molecule has 4 rings (SSSR count). The van der Waals surface area contributed by atoms with Crippen molar-refractivity contribution in [1.29, 1.82) is 0 Å². The van der Waals surface area contributed by atoms with E-state index in [2.05, 4.69) is 9.36 Å². The number of aryl methyl sites for hydroxylation is 1. The van der Waals surface area contributed by atoms with Crippen LogP contribution in [0.2, 0.25) is 0 Å². The molecule has 0 atom stereocenters. The van der Waals surface area contributed by atoms with Crippen molar-refractivity contribution < 1.29 is 13.2 Å². The smallest absolute Gasteiger partial charge is 0.292 e. The molecule has 4 aromatic rings. The van der Waals surface area contributed by atoms with Crippen LogP contribution in [0.5, 0.6) is 0 Å². The number of nitrogens with zero attached hydrogens (tertiary/aromatic N) is 4. The molecule has 11 heteroatoms. The van der Waals surface area contributed by atoms with Crippen LogP contribution in [0.3, 0.4) is 0 Å². The first-order valence-electron chi connectivity index (χ1n) is 7.89. The van der Waals surface area contributed by atoms with E-state index < -0.39 is 23.1 Å². The van der Waals surface area contributed by atoms with Crippen molar-refractivity contribution in [3.05, 3.63) is 61.9 Å². The van der Waals surface area contributed by atoms with Crippen LogP contribution in [-0.2, 0) is 13.2 Å². The molecule has 0 amide bonds. The quantitative estimate of drug-likeness (QED) is 0.493. The van der Waals surface area contributed by atoms with Gasteiger partial charge in [-0.15, -0.1) is 11.3 Å². The number of benzene rings is 1. The molecule has 0 saturated heterocycles. The maximum atomic E-state index is 13.0. The van der Waals surface area contributed by atoms with E-state index >= 15 is 0 Å². The highest BCUT2D eigenvalue weighted by molar-refractivity contribution is 7.15. The third-order valence-electron chi connectivity index (χ3n) is 4.14. The van der Waals surface area contributed by atoms with Gasteiger partial charge in [-0.1, -0.05) is 0 Å². The first-order valence-corrected chi connectivity index (χ1v) is 9.54. The monoisotopic (exact) mass is 424 g/mol. The van der Waals surface area contributed by atoms with Gasteiger partial charge in [0.15, 0.2) is 0 Å². The second-order valence-corrected chi connectivity index (χ2v) is 7.71. The molecule has 0 aliphatic carbocycles. The molecule has 0 radical (unpaired) electrons. The van der Waals surface area contributed by atoms with Crippen molar-refractivity contribution in [3.63, 3.8) is 0 Å². The predicted octanol–water partition coefficient (Wildman–Crippen LogP) is 3.60. The van der Waals surface area contributed by atoms with Crippen LogP contribution in [-0.4, -0.2) is 18.5 Å². The minimum atomic E-state index is -4.80. The molecule has 0 spiro atoms. The van der Waals surface area contributed by atoms with Crippen molar-refractivity contribution in [1.82, 2.24) is 18.5 Å². The molecule has 0 aliphatic heterocycles. The van der Waals surface area contributed by atoms with E-state index in [0.29, 0.717) is 31.3 Å². The van der Waals surface area contributed by atoms with Gasteiger partial charge in [-0.05, 0) is 36.7 Å². The predicted molar refractivity (Wildman–Crippen MR) is 101 cm³/mol. The number of hydrogen-bond donors (Lipinski definition) is 0. The Hall–Kier alpha value is -2.79. The fourth-order valence-corrected chi connectivity index (χ4v) is 4.43. The third-order valence-corrected chi connectivity index (χ3v) is 5.94. The summed E-state index contributed by atoms with van der Waals surface area (Å²) < 4.78 is 45.4. The lowest BCUT2D eigenvalue weighted by Gasteiger charge is -2.14. The highest BCUT2D eigenvalue weighted by atomic mass is 32.1. The molecule has 3 aromatic heterocycles. The molecule has 1 aromatic carbocycles. The fraction of sp³-hybridized carbons (Fsp3) is 0.176. The largest absolute Gasteiger partial charge is 0.431 e. The molecule has 0 fully saturated rings. The van der Waals surface area contributed by atoms with Gasteiger partial charge in [-0.3, -0.25) is 9.36 Å². The van der Waals surface area contributed by atoms with E-state index in [4.69, 9.17) is 0 Å². The van der Waals surface area contributed by atoms with Gasteiger partial charge in [0.05, 0.1) is 10.4 Å². The summed E-state index contributed by atoms with van der Waals surface area (Å²) in [7, 11) is 0.982. The highest BCUT2D eigenvalue weighted by Gasteiger charge is 2.35. The van der Waals surface area contributed by atoms with Crippen molar-refractivity contribution in [2.24, 2.45) is 7.05 Å². The Labute approximate surface area is 163 Å². The Balaban J connectivity index is 1.95. The molecule has 0 bridgehead atoms. The molecule has 3 heterocycles. The van der Waals surface area contributed by atoms with Crippen LogP contribution in [0.1, 0.15) is 11.4 Å². The topological polar surface area (TPSA) is 69.8 Å². The summed E-state index contributed by atoms with van der Waals surface area (Å²) in [6.07, 6.45) is -4.80. The van der Waals surface area contributed by atoms with Crippen molar-refractivity contribution in [2.75, 3.05) is 0 Å². The van der Waals surface area contributed by atoms with Gasteiger partial charge in [0.25, 0.3) is 5.56 Å². The second kappa shape index (κ2) is 6.38. The lowest BCUT2D eigenvalue weighted by atomic mass is 10.2. The fourth-order valence-electron chi connectivity index (χ4n) is 2.82. The maximum Gasteiger partial charge on any atom is 0.431 e. The van der Waals surface area contributed by atoms with Crippen molar-refractivity contribution in [2.45, 2.75) is 13.1 Å². The van der Waals surface area contributed by atoms with E-state index in [-0.39, 0.29) is 5.69 Å². The summed E-state index contributed by atoms with van der Waals surface area (Å²) in [5.74, 6) is 0. The number of alkyl halides is 3. The molecule has 144 valence electrons. The zero-order valence-electron chi connectivity index (χ0n) is 14.4. The van der Waals surface area contributed by atoms with E-state index in [1.807, 2.05) is 12.3 Å². The Kier molecular flexibility index (Phi) is 4.23. The lowest BCUT2D eigenvalue weighted by molar-refractivity contribution is -0.144. The van der Waals surface area contributed by atoms with Gasteiger partial charge in [0.2, 0.25) is 0 Å². The number of hydrogen-bond acceptors (Lipinski definition) is 6. The number of aromatic nitrogens is 4. The minimum absolute atomic E-state index is 0.168. The number of fused-ring (bicyclic) bond motifs is 1. The van der Waals surface area contributed by atoms with Crippen LogP contribution in [0.15, 0.2) is 39.2 Å². The van der Waals surface area contributed by atoms with Crippen molar-refractivity contribution >= 4 is 33.0 Å². The average Bonchev–Trinajstić information content (AvgIpc) is 3.22. The van der Waals surface area contributed by atoms with Gasteiger partial charge in [-0.2, -0.15) is 17.5 Å². The summed E-state index contributed by atoms with van der Waals surface area (Å²) in [6.45, 7) is 1.85. The molecular weight excluding hydrogens is 413 g/mol. The van der Waals surface area contributed by atoms with E-state index in [1.165, 1.54) is 28.9 Å². The van der Waals surface area contributed by atoms with Crippen LogP contribution in [0.4, 0.5) is 13.2 Å². The summed E-state index contributed by atoms with van der Waals surface area (Å²) >= 11 is 2.65. The van der Waals surface area contributed by atoms with E-state index in [9.17, 15) is 22.8 Å². The summed E-state index contributed by atoms with van der Waals surface area (Å²) in [5, 5.41) is 3.24. The van der Waals surface area contributed by atoms with Crippen molar-refractivity contribution in [3.8, 4) is 16.4 Å². The normalized spacial score (nSPS) is 12.0. The number of halogens is 3. The zero-order chi connectivity index (χ0) is 20.2. The molecule has 0 saturated carbocycles. The maximum absolute atomic E-state index is 13.0. The van der Waals surface area contributed by atoms with Crippen LogP contribution >= 0.6 is 22.9 Å². The molecule has 0 aliphatic rings. The standard InChI is InChI=1S/C17H11F3N4O2S2/c1-8-7-27-15(21-8)14-10-5-9(3-4-11(10)28-22-14)24-13(25)6-12(17(18,19)20)23(2)16(24)26/h3-7H,1-2H3. The molecule has 28 heavy (non-hydrogen) atoms. The zero-order valence-corrected chi connectivity index (χ0v) is 16.1. The lowest BCUT2D eigenvalue weighted by Crippen LogP contribution is -2.40. The molecule has 6 nitrogen and oxygen atoms in total. The Morgan fingerprint density at radius 3 is 2.54 bits per heavy atom. The molecular formula is C17H11F3N4O2S2.